The van der Waals surface area contributed by atoms with Crippen LogP contribution in [0.2, 0.25) is 0 Å². The summed E-state index contributed by atoms with van der Waals surface area (Å²) in [6, 6.07) is -0.675. The Kier molecular flexibility index (Phi) is 6.03. The third-order valence-electron chi connectivity index (χ3n) is 3.05. The third kappa shape index (κ3) is 4.70. The lowest BCUT2D eigenvalue weighted by molar-refractivity contribution is -0.130. The van der Waals surface area contributed by atoms with Gasteiger partial charge in [0.2, 0.25) is 5.91 Å². The number of nitrogens with one attached hydrogen (secondary N) is 1. The smallest absolute Gasteiger partial charge is 0.411 e. The van der Waals surface area contributed by atoms with E-state index in [1.54, 1.807) is 27.0 Å². The number of hydrogen-bond donors (Lipinski definition) is 2. The van der Waals surface area contributed by atoms with Crippen molar-refractivity contribution >= 4 is 41.4 Å². The molecule has 0 spiro atoms. The molecule has 9 heteroatoms. The largest absolute Gasteiger partial charge is 0.444 e. The van der Waals surface area contributed by atoms with Crippen molar-refractivity contribution < 1.29 is 19.1 Å². The molecule has 1 fully saturated rings. The maximum absolute atomic E-state index is 12.4. The summed E-state index contributed by atoms with van der Waals surface area (Å²) in [5, 5.41) is 2.62. The number of primary amides is 1. The zero-order chi connectivity index (χ0) is 17.1. The van der Waals surface area contributed by atoms with Crippen LogP contribution in [0.25, 0.3) is 0 Å². The highest BCUT2D eigenvalue weighted by molar-refractivity contribution is 8.00. The molecule has 1 saturated heterocycles. The Morgan fingerprint density at radius 1 is 1.32 bits per heavy atom. The van der Waals surface area contributed by atoms with Gasteiger partial charge in [-0.3, -0.25) is 14.5 Å². The van der Waals surface area contributed by atoms with Gasteiger partial charge in [-0.1, -0.05) is 0 Å². The molecule has 0 bridgehead atoms. The fourth-order valence-corrected chi connectivity index (χ4v) is 3.24. The predicted octanol–water partition coefficient (Wildman–Crippen LogP) is 0.977. The Labute approximate surface area is 139 Å². The highest BCUT2D eigenvalue weighted by Crippen LogP contribution is 2.25. The molecule has 0 aromatic rings. The molecule has 126 valence electrons. The Morgan fingerprint density at radius 2 is 1.91 bits per heavy atom. The average molecular weight is 349 g/mol. The van der Waals surface area contributed by atoms with Gasteiger partial charge in [0.1, 0.15) is 11.6 Å². The van der Waals surface area contributed by atoms with Crippen LogP contribution in [-0.4, -0.2) is 57.2 Å². The molecule has 3 N–H and O–H groups in total. The summed E-state index contributed by atoms with van der Waals surface area (Å²) in [6.07, 6.45) is 1.14. The number of amides is 3. The lowest BCUT2D eigenvalue weighted by Crippen LogP contribution is -2.58. The van der Waals surface area contributed by atoms with Gasteiger partial charge in [0, 0.05) is 5.75 Å². The van der Waals surface area contributed by atoms with E-state index in [0.717, 1.165) is 11.8 Å². The normalized spacial score (nSPS) is 21.1. The molecule has 1 aliphatic rings. The quantitative estimate of drug-likeness (QED) is 0.734. The highest BCUT2D eigenvalue weighted by Gasteiger charge is 2.41. The lowest BCUT2D eigenvalue weighted by Gasteiger charge is -2.30. The topological polar surface area (TPSA) is 102 Å². The van der Waals surface area contributed by atoms with E-state index in [-0.39, 0.29) is 0 Å². The zero-order valence-corrected chi connectivity index (χ0v) is 15.1. The van der Waals surface area contributed by atoms with E-state index in [2.05, 4.69) is 5.32 Å². The maximum Gasteiger partial charge on any atom is 0.411 e. The number of ether oxygens (including phenoxy) is 1. The number of carbonyl (C=O) groups is 3. The second-order valence-electron chi connectivity index (χ2n) is 6.06. The first-order valence-corrected chi connectivity index (χ1v) is 9.12. The second-order valence-corrected chi connectivity index (χ2v) is 8.28. The minimum Gasteiger partial charge on any atom is -0.444 e. The van der Waals surface area contributed by atoms with Gasteiger partial charge in [0.25, 0.3) is 5.91 Å². The molecule has 0 saturated carbocycles. The molecule has 1 aliphatic heterocycles. The molecule has 1 heterocycles. The van der Waals surface area contributed by atoms with E-state index in [4.69, 9.17) is 10.5 Å². The molecule has 1 unspecified atom stereocenters. The van der Waals surface area contributed by atoms with E-state index in [1.165, 1.54) is 23.6 Å². The lowest BCUT2D eigenvalue weighted by atomic mass is 10.2. The number of thioether (sulfide) groups is 2. The SMILES string of the molecule is CSC(C)(NC(=O)[C@@H]1CSCN1C(=O)OC(C)(C)C)C(N)=O. The van der Waals surface area contributed by atoms with Crippen LogP contribution >= 0.6 is 23.5 Å². The Hall–Kier alpha value is -1.09. The molecule has 0 aromatic heterocycles. The minimum absolute atomic E-state index is 0.375. The molecule has 2 atom stereocenters. The van der Waals surface area contributed by atoms with Crippen molar-refractivity contribution in [1.29, 1.82) is 0 Å². The van der Waals surface area contributed by atoms with Crippen LogP contribution in [0.15, 0.2) is 0 Å². The van der Waals surface area contributed by atoms with Crippen molar-refractivity contribution in [2.45, 2.75) is 44.2 Å². The second kappa shape index (κ2) is 6.99. The summed E-state index contributed by atoms with van der Waals surface area (Å²) in [7, 11) is 0. The van der Waals surface area contributed by atoms with Crippen molar-refractivity contribution in [2.24, 2.45) is 5.73 Å². The first-order valence-electron chi connectivity index (χ1n) is 6.74. The molecule has 0 aliphatic carbocycles. The summed E-state index contributed by atoms with van der Waals surface area (Å²) in [4.78, 5) is 36.2. The van der Waals surface area contributed by atoms with Crippen LogP contribution in [0.4, 0.5) is 4.79 Å². The minimum atomic E-state index is -1.20. The summed E-state index contributed by atoms with van der Waals surface area (Å²) in [6.45, 7) is 6.83. The number of rotatable bonds is 4. The molecular formula is C13H23N3O4S2. The average Bonchev–Trinajstić information content (AvgIpc) is 2.85. The summed E-state index contributed by atoms with van der Waals surface area (Å²) < 4.78 is 5.30. The molecule has 3 amide bonds. The highest BCUT2D eigenvalue weighted by atomic mass is 32.2. The van der Waals surface area contributed by atoms with Gasteiger partial charge in [-0.25, -0.2) is 4.79 Å². The standard InChI is InChI=1S/C13H23N3O4S2/c1-12(2,3)20-11(19)16-7-22-6-8(16)9(17)15-13(4,21-5)10(14)18/h8H,6-7H2,1-5H3,(H2,14,18)(H,15,17)/t8-,13?/m0/s1. The summed E-state index contributed by atoms with van der Waals surface area (Å²) >= 11 is 2.60. The third-order valence-corrected chi connectivity index (χ3v) is 5.19. The maximum atomic E-state index is 12.4. The van der Waals surface area contributed by atoms with E-state index < -0.39 is 34.4 Å². The van der Waals surface area contributed by atoms with Gasteiger partial charge in [0.05, 0.1) is 5.88 Å². The fraction of sp³-hybridized carbons (Fsp3) is 0.769. The zero-order valence-electron chi connectivity index (χ0n) is 13.5. The van der Waals surface area contributed by atoms with Gasteiger partial charge in [-0.05, 0) is 34.0 Å². The van der Waals surface area contributed by atoms with Gasteiger partial charge in [-0.15, -0.1) is 23.5 Å². The summed E-state index contributed by atoms with van der Waals surface area (Å²) in [5.41, 5.74) is 4.69. The van der Waals surface area contributed by atoms with Gasteiger partial charge < -0.3 is 15.8 Å². The Balaban J connectivity index is 2.80. The number of carbonyl (C=O) groups excluding carboxylic acids is 3. The number of nitrogens with zero attached hydrogens (tertiary/aromatic N) is 1. The Bertz CT molecular complexity index is 467. The van der Waals surface area contributed by atoms with Crippen LogP contribution in [0.1, 0.15) is 27.7 Å². The van der Waals surface area contributed by atoms with E-state index >= 15 is 0 Å². The molecule has 1 rings (SSSR count). The van der Waals surface area contributed by atoms with Crippen molar-refractivity contribution in [3.8, 4) is 0 Å². The van der Waals surface area contributed by atoms with Crippen LogP contribution in [0, 0.1) is 0 Å². The Morgan fingerprint density at radius 3 is 2.36 bits per heavy atom. The van der Waals surface area contributed by atoms with Crippen molar-refractivity contribution in [2.75, 3.05) is 17.9 Å². The van der Waals surface area contributed by atoms with Crippen molar-refractivity contribution in [1.82, 2.24) is 10.2 Å². The van der Waals surface area contributed by atoms with Gasteiger partial charge in [0.15, 0.2) is 4.87 Å². The van der Waals surface area contributed by atoms with Crippen LogP contribution < -0.4 is 11.1 Å². The first-order chi connectivity index (χ1) is 10.00. The van der Waals surface area contributed by atoms with E-state index in [1.807, 2.05) is 0 Å². The molecule has 0 radical (unpaired) electrons. The molecular weight excluding hydrogens is 326 g/mol. The van der Waals surface area contributed by atoms with Crippen molar-refractivity contribution in [3.05, 3.63) is 0 Å². The fourth-order valence-electron chi connectivity index (χ4n) is 1.69. The molecule has 22 heavy (non-hydrogen) atoms. The van der Waals surface area contributed by atoms with Gasteiger partial charge >= 0.3 is 6.09 Å². The van der Waals surface area contributed by atoms with Crippen LogP contribution in [0.5, 0.6) is 0 Å². The molecule has 0 aromatic carbocycles. The van der Waals surface area contributed by atoms with Crippen LogP contribution in [-0.2, 0) is 14.3 Å². The summed E-state index contributed by atoms with van der Waals surface area (Å²) in [5.74, 6) is -0.220. The molecule has 7 nitrogen and oxygen atoms in total. The first kappa shape index (κ1) is 19.0. The predicted molar refractivity (Wildman–Crippen MR) is 88.4 cm³/mol. The van der Waals surface area contributed by atoms with E-state index in [0.29, 0.717) is 11.6 Å². The van der Waals surface area contributed by atoms with Crippen LogP contribution in [0.3, 0.4) is 0 Å². The number of hydrogen-bond acceptors (Lipinski definition) is 6. The van der Waals surface area contributed by atoms with E-state index in [9.17, 15) is 14.4 Å². The van der Waals surface area contributed by atoms with Gasteiger partial charge in [-0.2, -0.15) is 0 Å². The number of nitrogens with two attached hydrogens (primary N) is 1. The monoisotopic (exact) mass is 349 g/mol. The van der Waals surface area contributed by atoms with Crippen molar-refractivity contribution in [3.63, 3.8) is 0 Å².